The zero-order valence-electron chi connectivity index (χ0n) is 15.3. The number of likely N-dealkylation sites (tertiary alicyclic amines) is 1. The molecule has 1 aromatic rings. The van der Waals surface area contributed by atoms with Crippen LogP contribution in [0.15, 0.2) is 30.3 Å². The van der Waals surface area contributed by atoms with Gasteiger partial charge in [-0.15, -0.1) is 0 Å². The van der Waals surface area contributed by atoms with Gasteiger partial charge in [-0.3, -0.25) is 4.79 Å². The molecule has 1 fully saturated rings. The first-order valence-electron chi connectivity index (χ1n) is 9.12. The van der Waals surface area contributed by atoms with Crippen LogP contribution in [0.3, 0.4) is 0 Å². The van der Waals surface area contributed by atoms with E-state index in [1.807, 2.05) is 30.3 Å². The van der Waals surface area contributed by atoms with Crippen LogP contribution in [0.4, 0.5) is 10.5 Å². The van der Waals surface area contributed by atoms with Gasteiger partial charge in [0.2, 0.25) is 5.91 Å². The Balaban J connectivity index is 1.55. The van der Waals surface area contributed by atoms with Crippen LogP contribution in [0, 0.1) is 11.8 Å². The third-order valence-electron chi connectivity index (χ3n) is 4.24. The minimum Gasteiger partial charge on any atom is -0.338 e. The summed E-state index contributed by atoms with van der Waals surface area (Å²) in [6, 6.07) is 9.10. The average Bonchev–Trinajstić information content (AvgIpc) is 3.00. The van der Waals surface area contributed by atoms with Gasteiger partial charge in [-0.05, 0) is 36.9 Å². The number of nitrogens with one attached hydrogen (secondary N) is 3. The first kappa shape index (κ1) is 19.2. The van der Waals surface area contributed by atoms with E-state index in [1.165, 1.54) is 0 Å². The van der Waals surface area contributed by atoms with Crippen molar-refractivity contribution in [2.75, 3.05) is 38.0 Å². The maximum atomic E-state index is 11.8. The molecule has 2 rings (SSSR count). The van der Waals surface area contributed by atoms with Crippen molar-refractivity contribution in [3.05, 3.63) is 30.3 Å². The molecule has 1 heterocycles. The lowest BCUT2D eigenvalue weighted by Gasteiger charge is -2.18. The van der Waals surface area contributed by atoms with Crippen molar-refractivity contribution in [1.82, 2.24) is 15.5 Å². The molecule has 25 heavy (non-hydrogen) atoms. The highest BCUT2D eigenvalue weighted by Gasteiger charge is 2.22. The lowest BCUT2D eigenvalue weighted by atomic mass is 10.1. The van der Waals surface area contributed by atoms with Crippen molar-refractivity contribution in [2.24, 2.45) is 11.8 Å². The summed E-state index contributed by atoms with van der Waals surface area (Å²) < 4.78 is 0. The minimum atomic E-state index is -0.199. The van der Waals surface area contributed by atoms with Gasteiger partial charge in [-0.2, -0.15) is 0 Å². The Hall–Kier alpha value is -2.08. The summed E-state index contributed by atoms with van der Waals surface area (Å²) in [6.45, 7) is 8.77. The number of benzene rings is 1. The molecule has 1 atom stereocenters. The SMILES string of the molecule is CC(C)CN1CC[C@H](CNC(=O)NCCC(=O)Nc2ccccc2)C1. The number of rotatable bonds is 8. The van der Waals surface area contributed by atoms with Crippen LogP contribution in [0.5, 0.6) is 0 Å². The summed E-state index contributed by atoms with van der Waals surface area (Å²) in [5, 5.41) is 8.45. The van der Waals surface area contributed by atoms with Gasteiger partial charge >= 0.3 is 6.03 Å². The Morgan fingerprint density at radius 1 is 1.20 bits per heavy atom. The molecule has 6 nitrogen and oxygen atoms in total. The van der Waals surface area contributed by atoms with E-state index in [-0.39, 0.29) is 18.4 Å². The van der Waals surface area contributed by atoms with Crippen molar-refractivity contribution in [2.45, 2.75) is 26.7 Å². The van der Waals surface area contributed by atoms with E-state index >= 15 is 0 Å². The van der Waals surface area contributed by atoms with E-state index in [0.717, 1.165) is 31.7 Å². The molecule has 0 unspecified atom stereocenters. The quantitative estimate of drug-likeness (QED) is 0.676. The normalized spacial score (nSPS) is 17.5. The molecular formula is C19H30N4O2. The van der Waals surface area contributed by atoms with Gasteiger partial charge in [-0.1, -0.05) is 32.0 Å². The monoisotopic (exact) mass is 346 g/mol. The number of anilines is 1. The molecule has 6 heteroatoms. The molecule has 1 aromatic carbocycles. The number of urea groups is 1. The Bertz CT molecular complexity index is 548. The number of nitrogens with zero attached hydrogens (tertiary/aromatic N) is 1. The van der Waals surface area contributed by atoms with Crippen molar-refractivity contribution < 1.29 is 9.59 Å². The molecule has 0 spiro atoms. The number of hydrogen-bond donors (Lipinski definition) is 3. The molecule has 0 aromatic heterocycles. The number of para-hydroxylation sites is 1. The van der Waals surface area contributed by atoms with Crippen molar-refractivity contribution in [1.29, 1.82) is 0 Å². The first-order chi connectivity index (χ1) is 12.0. The van der Waals surface area contributed by atoms with Gasteiger partial charge in [-0.25, -0.2) is 4.79 Å². The third-order valence-corrected chi connectivity index (χ3v) is 4.24. The van der Waals surface area contributed by atoms with Gasteiger partial charge in [0, 0.05) is 38.3 Å². The number of hydrogen-bond acceptors (Lipinski definition) is 3. The molecule has 1 aliphatic heterocycles. The highest BCUT2D eigenvalue weighted by molar-refractivity contribution is 5.91. The summed E-state index contributed by atoms with van der Waals surface area (Å²) in [4.78, 5) is 26.1. The van der Waals surface area contributed by atoms with Crippen LogP contribution in [0.25, 0.3) is 0 Å². The van der Waals surface area contributed by atoms with Gasteiger partial charge in [0.15, 0.2) is 0 Å². The maximum absolute atomic E-state index is 11.8. The molecule has 0 bridgehead atoms. The second-order valence-electron chi connectivity index (χ2n) is 7.11. The topological polar surface area (TPSA) is 73.5 Å². The molecule has 3 amide bonds. The zero-order chi connectivity index (χ0) is 18.1. The number of carbonyl (C=O) groups excluding carboxylic acids is 2. The summed E-state index contributed by atoms with van der Waals surface area (Å²) >= 11 is 0. The molecule has 1 saturated heterocycles. The summed E-state index contributed by atoms with van der Waals surface area (Å²) in [6.07, 6.45) is 1.39. The van der Waals surface area contributed by atoms with Gasteiger partial charge in [0.25, 0.3) is 0 Å². The molecule has 138 valence electrons. The lowest BCUT2D eigenvalue weighted by molar-refractivity contribution is -0.116. The van der Waals surface area contributed by atoms with Gasteiger partial charge in [0.1, 0.15) is 0 Å². The highest BCUT2D eigenvalue weighted by Crippen LogP contribution is 2.16. The fraction of sp³-hybridized carbons (Fsp3) is 0.579. The maximum Gasteiger partial charge on any atom is 0.314 e. The van der Waals surface area contributed by atoms with E-state index in [4.69, 9.17) is 0 Å². The molecule has 0 saturated carbocycles. The van der Waals surface area contributed by atoms with Crippen LogP contribution in [0.2, 0.25) is 0 Å². The van der Waals surface area contributed by atoms with Crippen LogP contribution in [0.1, 0.15) is 26.7 Å². The first-order valence-corrected chi connectivity index (χ1v) is 9.12. The zero-order valence-corrected chi connectivity index (χ0v) is 15.3. The Morgan fingerprint density at radius 2 is 1.96 bits per heavy atom. The number of carbonyl (C=O) groups is 2. The van der Waals surface area contributed by atoms with E-state index in [2.05, 4.69) is 34.7 Å². The predicted octanol–water partition coefficient (Wildman–Crippen LogP) is 2.29. The Labute approximate surface area is 150 Å². The number of amides is 3. The molecule has 0 aliphatic carbocycles. The molecule has 3 N–H and O–H groups in total. The van der Waals surface area contributed by atoms with Crippen molar-refractivity contribution in [3.63, 3.8) is 0 Å². The van der Waals surface area contributed by atoms with E-state index in [0.29, 0.717) is 24.9 Å². The van der Waals surface area contributed by atoms with Crippen LogP contribution >= 0.6 is 0 Å². The van der Waals surface area contributed by atoms with Gasteiger partial charge < -0.3 is 20.9 Å². The standard InChI is InChI=1S/C19H30N4O2/c1-15(2)13-23-11-9-16(14-23)12-21-19(25)20-10-8-18(24)22-17-6-4-3-5-7-17/h3-7,15-16H,8-14H2,1-2H3,(H,22,24)(H2,20,21,25)/t16-/m1/s1. The van der Waals surface area contributed by atoms with Crippen LogP contribution < -0.4 is 16.0 Å². The van der Waals surface area contributed by atoms with Crippen LogP contribution in [-0.4, -0.2) is 49.6 Å². The summed E-state index contributed by atoms with van der Waals surface area (Å²) in [5.74, 6) is 1.09. The molecule has 1 aliphatic rings. The molecule has 0 radical (unpaired) electrons. The summed E-state index contributed by atoms with van der Waals surface area (Å²) in [5.41, 5.74) is 0.768. The fourth-order valence-corrected chi connectivity index (χ4v) is 3.10. The van der Waals surface area contributed by atoms with E-state index in [1.54, 1.807) is 0 Å². The second-order valence-corrected chi connectivity index (χ2v) is 7.11. The highest BCUT2D eigenvalue weighted by atomic mass is 16.2. The Morgan fingerprint density at radius 3 is 2.68 bits per heavy atom. The average molecular weight is 346 g/mol. The van der Waals surface area contributed by atoms with E-state index < -0.39 is 0 Å². The smallest absolute Gasteiger partial charge is 0.314 e. The van der Waals surface area contributed by atoms with Gasteiger partial charge in [0.05, 0.1) is 0 Å². The molecular weight excluding hydrogens is 316 g/mol. The van der Waals surface area contributed by atoms with Crippen LogP contribution in [-0.2, 0) is 4.79 Å². The lowest BCUT2D eigenvalue weighted by Crippen LogP contribution is -2.40. The Kier molecular flexibility index (Phi) is 7.73. The van der Waals surface area contributed by atoms with E-state index in [9.17, 15) is 9.59 Å². The second kappa shape index (κ2) is 10.0. The summed E-state index contributed by atoms with van der Waals surface area (Å²) in [7, 11) is 0. The van der Waals surface area contributed by atoms with Crippen molar-refractivity contribution in [3.8, 4) is 0 Å². The van der Waals surface area contributed by atoms with Crippen molar-refractivity contribution >= 4 is 17.6 Å². The third kappa shape index (κ3) is 7.56. The fourth-order valence-electron chi connectivity index (χ4n) is 3.10. The largest absolute Gasteiger partial charge is 0.338 e. The minimum absolute atomic E-state index is 0.105. The predicted molar refractivity (Wildman–Crippen MR) is 100 cm³/mol.